The third-order valence-electron chi connectivity index (χ3n) is 7.72. The van der Waals surface area contributed by atoms with Gasteiger partial charge in [-0.3, -0.25) is 0 Å². The molecule has 3 N–H and O–H groups in total. The van der Waals surface area contributed by atoms with Crippen molar-refractivity contribution in [3.05, 3.63) is 59.4 Å². The van der Waals surface area contributed by atoms with Crippen molar-refractivity contribution in [3.63, 3.8) is 0 Å². The van der Waals surface area contributed by atoms with E-state index >= 15 is 0 Å². The van der Waals surface area contributed by atoms with Gasteiger partial charge in [-0.25, -0.2) is 9.37 Å². The predicted molar refractivity (Wildman–Crippen MR) is 130 cm³/mol. The minimum Gasteiger partial charge on any atom is -0.492 e. The number of hydrogen-bond donors (Lipinski definition) is 3. The van der Waals surface area contributed by atoms with Gasteiger partial charge in [0.05, 0.1) is 39.7 Å². The van der Waals surface area contributed by atoms with Crippen LogP contribution in [-0.4, -0.2) is 50.7 Å². The van der Waals surface area contributed by atoms with Crippen LogP contribution in [0.25, 0.3) is 11.0 Å². The van der Waals surface area contributed by atoms with Crippen molar-refractivity contribution < 1.29 is 45.7 Å². The van der Waals surface area contributed by atoms with Gasteiger partial charge in [0.2, 0.25) is 0 Å². The Balaban J connectivity index is 1.37. The highest BCUT2D eigenvalue weighted by Crippen LogP contribution is 2.45. The Bertz CT molecular complexity index is 1360. The Hall–Kier alpha value is -2.90. The van der Waals surface area contributed by atoms with E-state index in [1.54, 1.807) is 6.92 Å². The van der Waals surface area contributed by atoms with E-state index in [1.165, 1.54) is 17.0 Å². The number of aliphatic hydroxyl groups is 2. The molecule has 13 heteroatoms. The zero-order valence-electron chi connectivity index (χ0n) is 21.4. The van der Waals surface area contributed by atoms with E-state index in [1.807, 2.05) is 0 Å². The lowest BCUT2D eigenvalue weighted by atomic mass is 9.77. The van der Waals surface area contributed by atoms with Gasteiger partial charge in [-0.1, -0.05) is 12.1 Å². The Morgan fingerprint density at radius 2 is 1.62 bits per heavy atom. The summed E-state index contributed by atoms with van der Waals surface area (Å²) >= 11 is 0. The monoisotopic (exact) mass is 575 g/mol. The Labute approximate surface area is 224 Å². The molecule has 1 aromatic heterocycles. The summed E-state index contributed by atoms with van der Waals surface area (Å²) in [5.74, 6) is -0.132. The van der Waals surface area contributed by atoms with Gasteiger partial charge in [0, 0.05) is 24.2 Å². The van der Waals surface area contributed by atoms with Crippen LogP contribution in [0.3, 0.4) is 0 Å². The summed E-state index contributed by atoms with van der Waals surface area (Å²) in [4.78, 5) is 4.13. The number of benzene rings is 2. The van der Waals surface area contributed by atoms with Gasteiger partial charge in [0.15, 0.2) is 0 Å². The van der Waals surface area contributed by atoms with Crippen LogP contribution >= 0.6 is 0 Å². The number of rotatable bonds is 6. The van der Waals surface area contributed by atoms with Crippen molar-refractivity contribution in [2.24, 2.45) is 0 Å². The molecule has 2 aromatic carbocycles. The van der Waals surface area contributed by atoms with Crippen LogP contribution in [0.2, 0.25) is 0 Å². The third kappa shape index (κ3) is 5.64. The van der Waals surface area contributed by atoms with Gasteiger partial charge >= 0.3 is 12.4 Å². The lowest BCUT2D eigenvalue weighted by Crippen LogP contribution is -2.55. The molecule has 0 unspecified atom stereocenters. The van der Waals surface area contributed by atoms with Crippen LogP contribution in [0, 0.1) is 0 Å². The average molecular weight is 576 g/mol. The van der Waals surface area contributed by atoms with Crippen molar-refractivity contribution in [2.75, 3.05) is 13.3 Å². The summed E-state index contributed by atoms with van der Waals surface area (Å²) in [5, 5.41) is 24.3. The number of nitrogens with one attached hydrogen (secondary N) is 1. The molecule has 40 heavy (non-hydrogen) atoms. The molecule has 6 nitrogen and oxygen atoms in total. The summed E-state index contributed by atoms with van der Waals surface area (Å²) in [5.41, 5.74) is -4.37. The number of fused-ring (bicyclic) bond motifs is 1. The normalized spacial score (nSPS) is 29.4. The van der Waals surface area contributed by atoms with E-state index in [0.29, 0.717) is 12.8 Å². The molecule has 2 fully saturated rings. The highest BCUT2D eigenvalue weighted by atomic mass is 19.4. The SMILES string of the molecule is CC1(O)CC(n2cnc3cc(OC[C@@H]4C[C@](O)(c5ccc(C(F)(F)F)cc5)C[C@H](CF)N4)cc(C(F)(F)F)c32)C1. The third-order valence-corrected chi connectivity index (χ3v) is 7.72. The Morgan fingerprint density at radius 1 is 0.975 bits per heavy atom. The summed E-state index contributed by atoms with van der Waals surface area (Å²) < 4.78 is 102. The highest BCUT2D eigenvalue weighted by Gasteiger charge is 2.43. The lowest BCUT2D eigenvalue weighted by Gasteiger charge is -2.42. The molecule has 1 aliphatic carbocycles. The molecule has 5 rings (SSSR count). The van der Waals surface area contributed by atoms with Crippen molar-refractivity contribution in [3.8, 4) is 5.75 Å². The molecule has 1 saturated carbocycles. The largest absolute Gasteiger partial charge is 0.492 e. The smallest absolute Gasteiger partial charge is 0.418 e. The molecule has 0 spiro atoms. The number of aromatic nitrogens is 2. The molecule has 1 saturated heterocycles. The van der Waals surface area contributed by atoms with Crippen molar-refractivity contribution in [1.82, 2.24) is 14.9 Å². The van der Waals surface area contributed by atoms with E-state index in [9.17, 15) is 40.9 Å². The fourth-order valence-electron chi connectivity index (χ4n) is 5.83. The number of imidazole rings is 1. The van der Waals surface area contributed by atoms with Crippen LogP contribution in [0.4, 0.5) is 30.7 Å². The molecule has 0 amide bonds. The first kappa shape index (κ1) is 28.6. The number of nitrogens with zero attached hydrogens (tertiary/aromatic N) is 2. The number of hydrogen-bond acceptors (Lipinski definition) is 5. The number of alkyl halides is 7. The topological polar surface area (TPSA) is 79.5 Å². The van der Waals surface area contributed by atoms with Crippen LogP contribution in [0.5, 0.6) is 5.75 Å². The molecular weight excluding hydrogens is 547 g/mol. The predicted octanol–water partition coefficient (Wildman–Crippen LogP) is 5.52. The van der Waals surface area contributed by atoms with Gasteiger partial charge < -0.3 is 24.8 Å². The number of ether oxygens (including phenoxy) is 1. The van der Waals surface area contributed by atoms with Crippen LogP contribution in [0.1, 0.15) is 55.3 Å². The van der Waals surface area contributed by atoms with Gasteiger partial charge in [0.25, 0.3) is 0 Å². The average Bonchev–Trinajstić information content (AvgIpc) is 3.27. The number of halogens is 7. The molecule has 3 atom stereocenters. The second kappa shape index (κ2) is 9.88. The first-order chi connectivity index (χ1) is 18.6. The molecule has 218 valence electrons. The first-order valence-electron chi connectivity index (χ1n) is 12.7. The van der Waals surface area contributed by atoms with Crippen LogP contribution < -0.4 is 10.1 Å². The first-order valence-corrected chi connectivity index (χ1v) is 12.7. The highest BCUT2D eigenvalue weighted by molar-refractivity contribution is 5.82. The molecule has 0 bridgehead atoms. The van der Waals surface area contributed by atoms with Crippen LogP contribution in [0.15, 0.2) is 42.7 Å². The lowest BCUT2D eigenvalue weighted by molar-refractivity contribution is -0.138. The minimum atomic E-state index is -4.73. The van der Waals surface area contributed by atoms with Gasteiger partial charge in [-0.2, -0.15) is 26.3 Å². The summed E-state index contributed by atoms with van der Waals surface area (Å²) in [6, 6.07) is 4.27. The summed E-state index contributed by atoms with van der Waals surface area (Å²) in [6.07, 6.45) is -7.58. The Kier molecular flexibility index (Phi) is 7.07. The minimum absolute atomic E-state index is 0.0517. The van der Waals surface area contributed by atoms with E-state index in [0.717, 1.165) is 30.3 Å². The second-order valence-corrected chi connectivity index (χ2v) is 11.1. The van der Waals surface area contributed by atoms with Crippen molar-refractivity contribution in [2.45, 2.75) is 74.3 Å². The molecule has 0 radical (unpaired) electrons. The van der Waals surface area contributed by atoms with E-state index in [2.05, 4.69) is 10.3 Å². The molecular formula is C27H28F7N3O3. The zero-order chi connectivity index (χ0) is 29.1. The maximum Gasteiger partial charge on any atom is 0.418 e. The molecule has 1 aliphatic heterocycles. The molecule has 2 aliphatic rings. The second-order valence-electron chi connectivity index (χ2n) is 11.1. The van der Waals surface area contributed by atoms with Crippen LogP contribution in [-0.2, 0) is 18.0 Å². The Morgan fingerprint density at radius 3 is 2.20 bits per heavy atom. The fraction of sp³-hybridized carbons (Fsp3) is 0.519. The number of piperidine rings is 1. The summed E-state index contributed by atoms with van der Waals surface area (Å²) in [6.45, 7) is 0.494. The van der Waals surface area contributed by atoms with E-state index < -0.39 is 53.4 Å². The van der Waals surface area contributed by atoms with E-state index in [-0.39, 0.29) is 47.8 Å². The summed E-state index contributed by atoms with van der Waals surface area (Å²) in [7, 11) is 0. The quantitative estimate of drug-likeness (QED) is 0.338. The van der Waals surface area contributed by atoms with Crippen molar-refractivity contribution in [1.29, 1.82) is 0 Å². The maximum absolute atomic E-state index is 14.1. The molecule has 2 heterocycles. The molecule has 3 aromatic rings. The van der Waals surface area contributed by atoms with Gasteiger partial charge in [-0.15, -0.1) is 0 Å². The fourth-order valence-corrected chi connectivity index (χ4v) is 5.83. The zero-order valence-corrected chi connectivity index (χ0v) is 21.4. The van der Waals surface area contributed by atoms with Gasteiger partial charge in [0.1, 0.15) is 19.0 Å². The van der Waals surface area contributed by atoms with Crippen molar-refractivity contribution >= 4 is 11.0 Å². The standard InChI is InChI=1S/C27H28F7N3O3/c1-24(38)10-19(11-24)37-14-35-22-7-20(6-21(23(22)37)27(32,33)34)40-13-18-9-25(39,8-17(12-28)36-18)15-2-4-16(5-3-15)26(29,30)31/h2-7,14,17-19,36,38-39H,8-13H2,1H3/t17-,18+,19?,24?,25+/m1/s1. The van der Waals surface area contributed by atoms with Gasteiger partial charge in [-0.05, 0) is 56.4 Å². The maximum atomic E-state index is 14.1. The van der Waals surface area contributed by atoms with E-state index in [4.69, 9.17) is 4.74 Å².